The van der Waals surface area contributed by atoms with Gasteiger partial charge in [-0.15, -0.1) is 0 Å². The highest BCUT2D eigenvalue weighted by Gasteiger charge is 2.20. The molecule has 294 valence electrons. The first-order valence-corrected chi connectivity index (χ1v) is 22.2. The summed E-state index contributed by atoms with van der Waals surface area (Å²) in [5.74, 6) is -0.330. The third-order valence-corrected chi connectivity index (χ3v) is 10.1. The minimum absolute atomic E-state index is 0.0312. The van der Waals surface area contributed by atoms with Gasteiger partial charge in [0.05, 0.1) is 34.4 Å². The van der Waals surface area contributed by atoms with Gasteiger partial charge < -0.3 is 27.9 Å². The lowest BCUT2D eigenvalue weighted by Crippen LogP contribution is -2.37. The highest BCUT2D eigenvalue weighted by molar-refractivity contribution is 7.45. The number of hydrogen-bond acceptors (Lipinski definition) is 7. The van der Waals surface area contributed by atoms with Crippen molar-refractivity contribution in [2.75, 3.05) is 54.1 Å². The van der Waals surface area contributed by atoms with Crippen LogP contribution in [0.3, 0.4) is 0 Å². The highest BCUT2D eigenvalue weighted by Crippen LogP contribution is 2.38. The Labute approximate surface area is 304 Å². The molecule has 49 heavy (non-hydrogen) atoms. The first kappa shape index (κ1) is 48.5. The quantitative estimate of drug-likeness (QED) is 0.0270. The van der Waals surface area contributed by atoms with E-state index in [4.69, 9.17) is 18.5 Å². The molecule has 8 nitrogen and oxygen atoms in total. The lowest BCUT2D eigenvalue weighted by atomic mass is 10.0. The first-order chi connectivity index (χ1) is 23.6. The van der Waals surface area contributed by atoms with Gasteiger partial charge in [0.25, 0.3) is 7.82 Å². The van der Waals surface area contributed by atoms with Crippen molar-refractivity contribution in [1.29, 1.82) is 0 Å². The second-order valence-electron chi connectivity index (χ2n) is 15.4. The van der Waals surface area contributed by atoms with Crippen LogP contribution in [0.5, 0.6) is 0 Å². The maximum absolute atomic E-state index is 12.6. The van der Waals surface area contributed by atoms with E-state index in [1.807, 2.05) is 21.1 Å². The molecule has 0 saturated heterocycles. The number of carbonyl (C=O) groups is 1. The summed E-state index contributed by atoms with van der Waals surface area (Å²) in [7, 11) is 1.37. The minimum atomic E-state index is -4.51. The Bertz CT molecular complexity index is 761. The summed E-state index contributed by atoms with van der Waals surface area (Å²) in [6.45, 7) is 5.45. The summed E-state index contributed by atoms with van der Waals surface area (Å²) in [5.41, 5.74) is 0. The van der Waals surface area contributed by atoms with Crippen LogP contribution in [-0.4, -0.2) is 70.7 Å². The van der Waals surface area contributed by atoms with Crippen LogP contribution >= 0.6 is 7.82 Å². The van der Waals surface area contributed by atoms with E-state index in [1.165, 1.54) is 141 Å². The monoisotopic (exact) mass is 720 g/mol. The Morgan fingerprint density at radius 2 is 0.939 bits per heavy atom. The van der Waals surface area contributed by atoms with Crippen molar-refractivity contribution in [2.45, 2.75) is 200 Å². The van der Waals surface area contributed by atoms with Crippen LogP contribution in [0.4, 0.5) is 0 Å². The molecule has 0 spiro atoms. The van der Waals surface area contributed by atoms with Crippen LogP contribution in [0.15, 0.2) is 0 Å². The molecule has 0 aliphatic carbocycles. The summed E-state index contributed by atoms with van der Waals surface area (Å²) in [4.78, 5) is 25.0. The summed E-state index contributed by atoms with van der Waals surface area (Å²) >= 11 is 0. The predicted octanol–water partition coefficient (Wildman–Crippen LogP) is 11.1. The van der Waals surface area contributed by atoms with E-state index in [-0.39, 0.29) is 25.8 Å². The van der Waals surface area contributed by atoms with Gasteiger partial charge in [-0.1, -0.05) is 174 Å². The summed E-state index contributed by atoms with van der Waals surface area (Å²) < 4.78 is 34.5. The third kappa shape index (κ3) is 38.6. The van der Waals surface area contributed by atoms with E-state index < -0.39 is 13.9 Å². The number of esters is 1. The van der Waals surface area contributed by atoms with E-state index in [0.717, 1.165) is 32.1 Å². The van der Waals surface area contributed by atoms with Gasteiger partial charge in [-0.3, -0.25) is 9.36 Å². The molecule has 0 amide bonds. The molecule has 0 bridgehead atoms. The Balaban J connectivity index is 4.23. The zero-order valence-electron chi connectivity index (χ0n) is 33.2. The van der Waals surface area contributed by atoms with E-state index in [2.05, 4.69) is 13.8 Å². The third-order valence-electron chi connectivity index (χ3n) is 9.16. The summed E-state index contributed by atoms with van der Waals surface area (Å²) in [6, 6.07) is 0. The van der Waals surface area contributed by atoms with Gasteiger partial charge in [0.15, 0.2) is 0 Å². The van der Waals surface area contributed by atoms with Crippen molar-refractivity contribution in [3.63, 3.8) is 0 Å². The first-order valence-electron chi connectivity index (χ1n) is 20.8. The number of ether oxygens (including phenoxy) is 2. The number of nitrogens with zero attached hydrogens (tertiary/aromatic N) is 1. The van der Waals surface area contributed by atoms with Gasteiger partial charge >= 0.3 is 5.97 Å². The fourth-order valence-corrected chi connectivity index (χ4v) is 6.63. The van der Waals surface area contributed by atoms with Crippen LogP contribution in [0.1, 0.15) is 194 Å². The van der Waals surface area contributed by atoms with Crippen LogP contribution < -0.4 is 4.89 Å². The molecule has 2 unspecified atom stereocenters. The number of phosphoric acid groups is 1. The number of hydrogen-bond donors (Lipinski definition) is 0. The van der Waals surface area contributed by atoms with E-state index >= 15 is 0 Å². The molecule has 0 N–H and O–H groups in total. The second-order valence-corrected chi connectivity index (χ2v) is 16.8. The van der Waals surface area contributed by atoms with Gasteiger partial charge in [-0.2, -0.15) is 0 Å². The molecule has 0 aliphatic rings. The highest BCUT2D eigenvalue weighted by atomic mass is 31.2. The molecule has 0 aromatic heterocycles. The van der Waals surface area contributed by atoms with Gasteiger partial charge in [-0.05, 0) is 12.8 Å². The van der Waals surface area contributed by atoms with E-state index in [0.29, 0.717) is 24.1 Å². The van der Waals surface area contributed by atoms with Crippen molar-refractivity contribution in [2.24, 2.45) is 0 Å². The minimum Gasteiger partial charge on any atom is -0.756 e. The zero-order valence-corrected chi connectivity index (χ0v) is 34.1. The summed E-state index contributed by atoms with van der Waals surface area (Å²) in [5, 5.41) is 0. The van der Waals surface area contributed by atoms with E-state index in [1.54, 1.807) is 0 Å². The zero-order chi connectivity index (χ0) is 36.3. The number of quaternary nitrogens is 1. The van der Waals surface area contributed by atoms with Gasteiger partial charge in [0, 0.05) is 13.0 Å². The Morgan fingerprint density at radius 3 is 1.35 bits per heavy atom. The fraction of sp³-hybridized carbons (Fsp3) is 0.975. The molecule has 0 fully saturated rings. The number of unbranched alkanes of at least 4 members (excludes halogenated alkanes) is 25. The topological polar surface area (TPSA) is 94.1 Å². The van der Waals surface area contributed by atoms with Gasteiger partial charge in [0.1, 0.15) is 19.3 Å². The van der Waals surface area contributed by atoms with Crippen LogP contribution in [-0.2, 0) is 27.9 Å². The van der Waals surface area contributed by atoms with Crippen molar-refractivity contribution in [1.82, 2.24) is 0 Å². The standard InChI is InChI=1S/C40H82NO7P/c1-6-8-10-12-14-16-18-20-21-23-25-27-29-31-33-40(42)48-39(38-47-49(43,44)46-36-34-41(3,4)5)37-45-35-32-30-28-26-24-22-19-17-15-13-11-9-7-2/h39H,6-38H2,1-5H3. The van der Waals surface area contributed by atoms with Crippen molar-refractivity contribution < 1.29 is 37.3 Å². The molecule has 9 heteroatoms. The maximum Gasteiger partial charge on any atom is 0.306 e. The molecular formula is C40H82NO7P. The predicted molar refractivity (Wildman–Crippen MR) is 204 cm³/mol. The number of likely N-dealkylation sites (N-methyl/N-ethyl adjacent to an activating group) is 1. The molecule has 0 saturated carbocycles. The number of carbonyl (C=O) groups excluding carboxylic acids is 1. The van der Waals surface area contributed by atoms with Crippen molar-refractivity contribution in [3.8, 4) is 0 Å². The normalized spacial score (nSPS) is 13.8. The molecule has 0 aromatic carbocycles. The Hall–Kier alpha value is -0.500. The van der Waals surface area contributed by atoms with Crippen molar-refractivity contribution >= 4 is 13.8 Å². The average molecular weight is 720 g/mol. The van der Waals surface area contributed by atoms with Crippen LogP contribution in [0.2, 0.25) is 0 Å². The van der Waals surface area contributed by atoms with E-state index in [9.17, 15) is 14.3 Å². The SMILES string of the molecule is CCCCCCCCCCCCCCCCC(=O)OC(COCCCCCCCCCCCCCCC)COP(=O)([O-])OCC[N+](C)(C)C. The average Bonchev–Trinajstić information content (AvgIpc) is 3.04. The fourth-order valence-electron chi connectivity index (χ4n) is 5.90. The molecule has 0 rings (SSSR count). The van der Waals surface area contributed by atoms with Crippen molar-refractivity contribution in [3.05, 3.63) is 0 Å². The number of phosphoric ester groups is 1. The largest absolute Gasteiger partial charge is 0.756 e. The lowest BCUT2D eigenvalue weighted by molar-refractivity contribution is -0.870. The Morgan fingerprint density at radius 1 is 0.551 bits per heavy atom. The second kappa shape index (κ2) is 34.6. The lowest BCUT2D eigenvalue weighted by Gasteiger charge is -2.28. The van der Waals surface area contributed by atoms with Crippen LogP contribution in [0.25, 0.3) is 0 Å². The summed E-state index contributed by atoms with van der Waals surface area (Å²) in [6.07, 6.45) is 33.8. The van der Waals surface area contributed by atoms with Crippen LogP contribution in [0, 0.1) is 0 Å². The molecule has 0 heterocycles. The molecule has 0 radical (unpaired) electrons. The van der Waals surface area contributed by atoms with Gasteiger partial charge in [-0.25, -0.2) is 0 Å². The molecule has 2 atom stereocenters. The number of rotatable bonds is 39. The molecule has 0 aromatic rings. The van der Waals surface area contributed by atoms with Gasteiger partial charge in [0.2, 0.25) is 0 Å². The molecule has 0 aliphatic heterocycles. The smallest absolute Gasteiger partial charge is 0.306 e. The molecular weight excluding hydrogens is 637 g/mol. The Kier molecular flexibility index (Phi) is 34.2. The maximum atomic E-state index is 12.6.